The number of aryl methyl sites for hydroxylation is 3. The van der Waals surface area contributed by atoms with Gasteiger partial charge in [-0.2, -0.15) is 4.98 Å². The van der Waals surface area contributed by atoms with Crippen molar-refractivity contribution < 1.29 is 13.7 Å². The van der Waals surface area contributed by atoms with E-state index in [4.69, 9.17) is 4.52 Å². The molecule has 2 aromatic carbocycles. The number of hydrogen-bond acceptors (Lipinski definition) is 6. The van der Waals surface area contributed by atoms with Gasteiger partial charge >= 0.3 is 0 Å². The third kappa shape index (κ3) is 4.38. The molecule has 0 saturated carbocycles. The van der Waals surface area contributed by atoms with Crippen LogP contribution in [-0.2, 0) is 11.3 Å². The summed E-state index contributed by atoms with van der Waals surface area (Å²) in [4.78, 5) is 35.2. The number of rotatable bonds is 5. The van der Waals surface area contributed by atoms with Crippen LogP contribution in [0.1, 0.15) is 16.8 Å². The number of carbonyl (C=O) groups excluding carboxylic acids is 1. The predicted molar refractivity (Wildman–Crippen MR) is 134 cm³/mol. The van der Waals surface area contributed by atoms with E-state index in [1.54, 1.807) is 16.7 Å². The number of nitrogens with one attached hydrogen (secondary N) is 1. The van der Waals surface area contributed by atoms with Crippen molar-refractivity contribution in [2.75, 3.05) is 5.32 Å². The molecule has 0 saturated heterocycles. The SMILES string of the molecule is Cc1ccc2c(=O)c(-c3nc(-c4ccc(F)cc4)no3)cn(CC(=O)Nc3c(C)cccc3C)c2n1. The molecule has 9 heteroatoms. The highest BCUT2D eigenvalue weighted by Crippen LogP contribution is 2.23. The quantitative estimate of drug-likeness (QED) is 0.385. The maximum absolute atomic E-state index is 13.3. The number of halogens is 1. The van der Waals surface area contributed by atoms with E-state index in [-0.39, 0.29) is 41.0 Å². The van der Waals surface area contributed by atoms with Gasteiger partial charge in [0, 0.05) is 23.1 Å². The van der Waals surface area contributed by atoms with E-state index in [0.29, 0.717) is 22.3 Å². The number of carbonyl (C=O) groups is 1. The van der Waals surface area contributed by atoms with Crippen LogP contribution in [0.25, 0.3) is 33.9 Å². The Morgan fingerprint density at radius 1 is 1.00 bits per heavy atom. The van der Waals surface area contributed by atoms with Gasteiger partial charge in [0.15, 0.2) is 0 Å². The van der Waals surface area contributed by atoms with Crippen LogP contribution in [0.3, 0.4) is 0 Å². The molecule has 0 radical (unpaired) electrons. The second kappa shape index (κ2) is 9.18. The summed E-state index contributed by atoms with van der Waals surface area (Å²) in [6, 6.07) is 14.8. The minimum absolute atomic E-state index is 0.00861. The fraction of sp³-hybridized carbons (Fsp3) is 0.148. The van der Waals surface area contributed by atoms with Crippen LogP contribution in [0.4, 0.5) is 10.1 Å². The van der Waals surface area contributed by atoms with Gasteiger partial charge in [-0.05, 0) is 68.3 Å². The minimum Gasteiger partial charge on any atom is -0.333 e. The molecule has 36 heavy (non-hydrogen) atoms. The summed E-state index contributed by atoms with van der Waals surface area (Å²) >= 11 is 0. The second-order valence-corrected chi connectivity index (χ2v) is 8.57. The molecule has 1 amide bonds. The number of benzene rings is 2. The molecule has 0 fully saturated rings. The largest absolute Gasteiger partial charge is 0.333 e. The molecular weight excluding hydrogens is 461 g/mol. The van der Waals surface area contributed by atoms with Gasteiger partial charge in [-0.15, -0.1) is 0 Å². The highest BCUT2D eigenvalue weighted by atomic mass is 19.1. The zero-order valence-corrected chi connectivity index (χ0v) is 19.9. The molecule has 3 heterocycles. The molecule has 0 aliphatic heterocycles. The van der Waals surface area contributed by atoms with Crippen molar-refractivity contribution in [1.82, 2.24) is 19.7 Å². The van der Waals surface area contributed by atoms with Crippen LogP contribution in [0.5, 0.6) is 0 Å². The molecule has 5 aromatic rings. The molecular formula is C27H22FN5O3. The van der Waals surface area contributed by atoms with Crippen LogP contribution in [0.15, 0.2) is 70.1 Å². The lowest BCUT2D eigenvalue weighted by atomic mass is 10.1. The Labute approximate surface area is 205 Å². The van der Waals surface area contributed by atoms with Gasteiger partial charge < -0.3 is 14.4 Å². The summed E-state index contributed by atoms with van der Waals surface area (Å²) in [6.45, 7) is 5.57. The molecule has 0 aliphatic carbocycles. The number of aromatic nitrogens is 4. The Morgan fingerprint density at radius 3 is 2.44 bits per heavy atom. The first-order chi connectivity index (χ1) is 17.3. The second-order valence-electron chi connectivity index (χ2n) is 8.57. The van der Waals surface area contributed by atoms with Gasteiger partial charge in [-0.3, -0.25) is 9.59 Å². The third-order valence-electron chi connectivity index (χ3n) is 5.88. The van der Waals surface area contributed by atoms with Gasteiger partial charge in [0.05, 0.1) is 5.39 Å². The zero-order chi connectivity index (χ0) is 25.4. The fourth-order valence-electron chi connectivity index (χ4n) is 4.03. The smallest absolute Gasteiger partial charge is 0.263 e. The summed E-state index contributed by atoms with van der Waals surface area (Å²) in [7, 11) is 0. The number of amides is 1. The normalized spacial score (nSPS) is 11.1. The summed E-state index contributed by atoms with van der Waals surface area (Å²) in [5, 5.41) is 7.22. The van der Waals surface area contributed by atoms with Gasteiger partial charge in [-0.1, -0.05) is 23.4 Å². The first-order valence-corrected chi connectivity index (χ1v) is 11.3. The molecule has 3 aromatic heterocycles. The van der Waals surface area contributed by atoms with Crippen LogP contribution < -0.4 is 10.7 Å². The Balaban J connectivity index is 1.56. The Bertz CT molecular complexity index is 1650. The highest BCUT2D eigenvalue weighted by Gasteiger charge is 2.19. The van der Waals surface area contributed by atoms with Crippen molar-refractivity contribution in [3.05, 3.63) is 93.7 Å². The van der Waals surface area contributed by atoms with E-state index in [2.05, 4.69) is 20.4 Å². The monoisotopic (exact) mass is 483 g/mol. The Kier molecular flexibility index (Phi) is 5.89. The Morgan fingerprint density at radius 2 is 1.72 bits per heavy atom. The standard InChI is InChI=1S/C27H22FN5O3/c1-15-5-4-6-16(2)23(15)30-22(34)14-33-13-21(24(35)20-12-7-17(3)29-26(20)33)27-31-25(32-36-27)18-8-10-19(28)11-9-18/h4-13H,14H2,1-3H3,(H,30,34). The lowest BCUT2D eigenvalue weighted by molar-refractivity contribution is -0.116. The van der Waals surface area contributed by atoms with E-state index in [9.17, 15) is 14.0 Å². The van der Waals surface area contributed by atoms with Crippen LogP contribution in [0.2, 0.25) is 0 Å². The van der Waals surface area contributed by atoms with Crippen LogP contribution in [-0.4, -0.2) is 25.6 Å². The van der Waals surface area contributed by atoms with E-state index in [1.807, 2.05) is 39.0 Å². The highest BCUT2D eigenvalue weighted by molar-refractivity contribution is 5.93. The summed E-state index contributed by atoms with van der Waals surface area (Å²) < 4.78 is 20.3. The maximum atomic E-state index is 13.3. The minimum atomic E-state index is -0.387. The van der Waals surface area contributed by atoms with Crippen LogP contribution >= 0.6 is 0 Å². The first-order valence-electron chi connectivity index (χ1n) is 11.3. The summed E-state index contributed by atoms with van der Waals surface area (Å²) in [5.74, 6) is -0.456. The number of nitrogens with zero attached hydrogens (tertiary/aromatic N) is 4. The van der Waals surface area contributed by atoms with Crippen molar-refractivity contribution >= 4 is 22.6 Å². The molecule has 5 rings (SSSR count). The first kappa shape index (κ1) is 23.1. The van der Waals surface area contributed by atoms with Crippen molar-refractivity contribution in [3.63, 3.8) is 0 Å². The lowest BCUT2D eigenvalue weighted by Crippen LogP contribution is -2.22. The molecule has 8 nitrogen and oxygen atoms in total. The van der Waals surface area contributed by atoms with E-state index < -0.39 is 0 Å². The molecule has 0 unspecified atom stereocenters. The van der Waals surface area contributed by atoms with E-state index >= 15 is 0 Å². The number of hydrogen-bond donors (Lipinski definition) is 1. The number of anilines is 1. The van der Waals surface area contributed by atoms with Crippen LogP contribution in [0, 0.1) is 26.6 Å². The average Bonchev–Trinajstić information content (AvgIpc) is 3.34. The predicted octanol–water partition coefficient (Wildman–Crippen LogP) is 4.82. The zero-order valence-electron chi connectivity index (χ0n) is 19.9. The summed E-state index contributed by atoms with van der Waals surface area (Å²) in [6.07, 6.45) is 1.50. The number of fused-ring (bicyclic) bond motifs is 1. The van der Waals surface area contributed by atoms with Crippen molar-refractivity contribution in [1.29, 1.82) is 0 Å². The molecule has 180 valence electrons. The van der Waals surface area contributed by atoms with Gasteiger partial charge in [0.1, 0.15) is 23.6 Å². The topological polar surface area (TPSA) is 103 Å². The van der Waals surface area contributed by atoms with Gasteiger partial charge in [-0.25, -0.2) is 9.37 Å². The fourth-order valence-corrected chi connectivity index (χ4v) is 4.03. The molecule has 1 N–H and O–H groups in total. The molecule has 0 atom stereocenters. The molecule has 0 bridgehead atoms. The van der Waals surface area contributed by atoms with Gasteiger partial charge in [0.2, 0.25) is 17.2 Å². The van der Waals surface area contributed by atoms with Crippen molar-refractivity contribution in [3.8, 4) is 22.8 Å². The van der Waals surface area contributed by atoms with Gasteiger partial charge in [0.25, 0.3) is 5.89 Å². The Hall–Kier alpha value is -4.66. The third-order valence-corrected chi connectivity index (χ3v) is 5.88. The van der Waals surface area contributed by atoms with Crippen molar-refractivity contribution in [2.45, 2.75) is 27.3 Å². The molecule has 0 spiro atoms. The summed E-state index contributed by atoms with van der Waals surface area (Å²) in [5.41, 5.74) is 4.04. The number of pyridine rings is 2. The number of para-hydroxylation sites is 1. The van der Waals surface area contributed by atoms with E-state index in [1.165, 1.54) is 30.5 Å². The molecule has 0 aliphatic rings. The lowest BCUT2D eigenvalue weighted by Gasteiger charge is -2.14. The van der Waals surface area contributed by atoms with Crippen molar-refractivity contribution in [2.24, 2.45) is 0 Å². The average molecular weight is 484 g/mol. The van der Waals surface area contributed by atoms with E-state index in [0.717, 1.165) is 16.8 Å². The maximum Gasteiger partial charge on any atom is 0.263 e.